The molecule has 0 N–H and O–H groups in total. The fourth-order valence-electron chi connectivity index (χ4n) is 2.53. The molecule has 1 aromatic heterocycles. The molecule has 0 bridgehead atoms. The number of esters is 1. The fraction of sp³-hybridized carbons (Fsp3) is 0.111. The second-order valence-corrected chi connectivity index (χ2v) is 4.91. The van der Waals surface area contributed by atoms with E-state index in [4.69, 9.17) is 4.74 Å². The number of carbonyl (C=O) groups excluding carboxylic acids is 1. The molecule has 3 aromatic rings. The molecule has 104 valence electrons. The Hall–Kier alpha value is -2.68. The smallest absolute Gasteiger partial charge is 0.337 e. The third-order valence-electron chi connectivity index (χ3n) is 3.54. The van der Waals surface area contributed by atoms with Crippen LogP contribution in [0.1, 0.15) is 15.9 Å². The van der Waals surface area contributed by atoms with Gasteiger partial charge < -0.3 is 4.74 Å². The molecule has 0 fully saturated rings. The van der Waals surface area contributed by atoms with Crippen molar-refractivity contribution in [2.24, 2.45) is 0 Å². The van der Waals surface area contributed by atoms with Gasteiger partial charge >= 0.3 is 5.97 Å². The van der Waals surface area contributed by atoms with Gasteiger partial charge in [-0.05, 0) is 41.8 Å². The number of rotatable bonds is 2. The monoisotopic (exact) mass is 277 g/mol. The third kappa shape index (κ3) is 2.38. The Labute approximate surface area is 123 Å². The number of hydrogen-bond acceptors (Lipinski definition) is 3. The van der Waals surface area contributed by atoms with Crippen LogP contribution in [0.4, 0.5) is 0 Å². The van der Waals surface area contributed by atoms with Gasteiger partial charge in [0.25, 0.3) is 0 Å². The van der Waals surface area contributed by atoms with Gasteiger partial charge in [0, 0.05) is 11.6 Å². The van der Waals surface area contributed by atoms with E-state index in [0.717, 1.165) is 27.6 Å². The van der Waals surface area contributed by atoms with E-state index in [1.165, 1.54) is 7.11 Å². The van der Waals surface area contributed by atoms with Crippen molar-refractivity contribution in [3.63, 3.8) is 0 Å². The Morgan fingerprint density at radius 3 is 2.57 bits per heavy atom. The molecule has 0 unspecified atom stereocenters. The zero-order valence-corrected chi connectivity index (χ0v) is 12.0. The van der Waals surface area contributed by atoms with Crippen LogP contribution in [0.2, 0.25) is 0 Å². The van der Waals surface area contributed by atoms with E-state index in [1.54, 1.807) is 6.07 Å². The minimum Gasteiger partial charge on any atom is -0.465 e. The van der Waals surface area contributed by atoms with Gasteiger partial charge in [-0.25, -0.2) is 4.79 Å². The Morgan fingerprint density at radius 1 is 1.10 bits per heavy atom. The lowest BCUT2D eigenvalue weighted by Crippen LogP contribution is -2.01. The fourth-order valence-corrected chi connectivity index (χ4v) is 2.53. The van der Waals surface area contributed by atoms with Crippen molar-refractivity contribution in [1.29, 1.82) is 0 Å². The quantitative estimate of drug-likeness (QED) is 0.665. The standard InChI is InChI=1S/C18H15NO2/c1-12-11-19-16-9-8-14(18(20)21-2)10-15(16)17(12)13-6-4-3-5-7-13/h3-11H,1-2H3. The van der Waals surface area contributed by atoms with Crippen LogP contribution in [0.25, 0.3) is 22.0 Å². The van der Waals surface area contributed by atoms with E-state index >= 15 is 0 Å². The number of benzene rings is 2. The summed E-state index contributed by atoms with van der Waals surface area (Å²) in [6, 6.07) is 15.6. The van der Waals surface area contributed by atoms with E-state index in [2.05, 4.69) is 17.1 Å². The lowest BCUT2D eigenvalue weighted by atomic mass is 9.96. The van der Waals surface area contributed by atoms with Crippen molar-refractivity contribution in [2.75, 3.05) is 7.11 Å². The molecule has 0 aliphatic carbocycles. The minimum absolute atomic E-state index is 0.336. The minimum atomic E-state index is -0.336. The molecule has 0 aliphatic heterocycles. The highest BCUT2D eigenvalue weighted by atomic mass is 16.5. The zero-order chi connectivity index (χ0) is 14.8. The number of nitrogens with zero attached hydrogens (tertiary/aromatic N) is 1. The van der Waals surface area contributed by atoms with Gasteiger partial charge in [-0.15, -0.1) is 0 Å². The SMILES string of the molecule is COC(=O)c1ccc2ncc(C)c(-c3ccccc3)c2c1. The van der Waals surface area contributed by atoms with Gasteiger partial charge in [0.1, 0.15) is 0 Å². The first-order chi connectivity index (χ1) is 10.2. The summed E-state index contributed by atoms with van der Waals surface area (Å²) in [7, 11) is 1.39. The molecule has 3 nitrogen and oxygen atoms in total. The summed E-state index contributed by atoms with van der Waals surface area (Å²) < 4.78 is 4.80. The highest BCUT2D eigenvalue weighted by molar-refractivity contribution is 6.01. The summed E-state index contributed by atoms with van der Waals surface area (Å²) in [5, 5.41) is 0.962. The van der Waals surface area contributed by atoms with E-state index < -0.39 is 0 Å². The summed E-state index contributed by atoms with van der Waals surface area (Å²) in [5.74, 6) is -0.336. The van der Waals surface area contributed by atoms with E-state index in [0.29, 0.717) is 5.56 Å². The molecule has 0 saturated heterocycles. The topological polar surface area (TPSA) is 39.2 Å². The van der Waals surface area contributed by atoms with Gasteiger partial charge in [-0.1, -0.05) is 30.3 Å². The highest BCUT2D eigenvalue weighted by Crippen LogP contribution is 2.31. The Bertz CT molecular complexity index is 810. The van der Waals surface area contributed by atoms with Crippen molar-refractivity contribution in [1.82, 2.24) is 4.98 Å². The van der Waals surface area contributed by atoms with Gasteiger partial charge in [-0.3, -0.25) is 4.98 Å². The van der Waals surface area contributed by atoms with E-state index in [1.807, 2.05) is 43.5 Å². The molecular formula is C18H15NO2. The number of ether oxygens (including phenoxy) is 1. The highest BCUT2D eigenvalue weighted by Gasteiger charge is 2.12. The maximum Gasteiger partial charge on any atom is 0.337 e. The molecule has 0 spiro atoms. The van der Waals surface area contributed by atoms with Crippen LogP contribution in [-0.4, -0.2) is 18.1 Å². The molecular weight excluding hydrogens is 262 g/mol. The van der Waals surface area contributed by atoms with Gasteiger partial charge in [0.15, 0.2) is 0 Å². The predicted octanol–water partition coefficient (Wildman–Crippen LogP) is 4.00. The van der Waals surface area contributed by atoms with Gasteiger partial charge in [-0.2, -0.15) is 0 Å². The summed E-state index contributed by atoms with van der Waals surface area (Å²) in [6.07, 6.45) is 1.86. The Morgan fingerprint density at radius 2 is 1.86 bits per heavy atom. The van der Waals surface area contributed by atoms with Crippen LogP contribution >= 0.6 is 0 Å². The number of aromatic nitrogens is 1. The number of carbonyl (C=O) groups is 1. The van der Waals surface area contributed by atoms with Crippen molar-refractivity contribution in [2.45, 2.75) is 6.92 Å². The largest absolute Gasteiger partial charge is 0.465 e. The van der Waals surface area contributed by atoms with Crippen LogP contribution in [0.15, 0.2) is 54.7 Å². The summed E-state index contributed by atoms with van der Waals surface area (Å²) in [5.41, 5.74) is 4.70. The van der Waals surface area contributed by atoms with Crippen LogP contribution < -0.4 is 0 Å². The first-order valence-corrected chi connectivity index (χ1v) is 6.74. The molecule has 0 amide bonds. The van der Waals surface area contributed by atoms with E-state index in [9.17, 15) is 4.79 Å². The number of pyridine rings is 1. The normalized spacial score (nSPS) is 10.6. The van der Waals surface area contributed by atoms with Crippen molar-refractivity contribution in [3.8, 4) is 11.1 Å². The van der Waals surface area contributed by atoms with Crippen LogP contribution in [-0.2, 0) is 4.74 Å². The molecule has 2 aromatic carbocycles. The van der Waals surface area contributed by atoms with Crippen LogP contribution in [0.5, 0.6) is 0 Å². The second-order valence-electron chi connectivity index (χ2n) is 4.91. The third-order valence-corrected chi connectivity index (χ3v) is 3.54. The first kappa shape index (κ1) is 13.3. The summed E-state index contributed by atoms with van der Waals surface area (Å²) in [4.78, 5) is 16.2. The molecule has 3 heteroatoms. The predicted molar refractivity (Wildman–Crippen MR) is 83.3 cm³/mol. The van der Waals surface area contributed by atoms with Crippen LogP contribution in [0.3, 0.4) is 0 Å². The first-order valence-electron chi connectivity index (χ1n) is 6.74. The number of hydrogen-bond donors (Lipinski definition) is 0. The second kappa shape index (κ2) is 5.37. The molecule has 21 heavy (non-hydrogen) atoms. The molecule has 1 heterocycles. The molecule has 0 saturated carbocycles. The Balaban J connectivity index is 2.31. The van der Waals surface area contributed by atoms with Crippen LogP contribution in [0, 0.1) is 6.92 Å². The summed E-state index contributed by atoms with van der Waals surface area (Å²) >= 11 is 0. The zero-order valence-electron chi connectivity index (χ0n) is 12.0. The molecule has 3 rings (SSSR count). The van der Waals surface area contributed by atoms with Crippen molar-refractivity contribution < 1.29 is 9.53 Å². The lowest BCUT2D eigenvalue weighted by molar-refractivity contribution is 0.0601. The average Bonchev–Trinajstić information content (AvgIpc) is 2.54. The molecule has 0 aliphatic rings. The maximum absolute atomic E-state index is 11.7. The van der Waals surface area contributed by atoms with Gasteiger partial charge in [0.05, 0.1) is 18.2 Å². The average molecular weight is 277 g/mol. The van der Waals surface area contributed by atoms with Gasteiger partial charge in [0.2, 0.25) is 0 Å². The Kier molecular flexibility index (Phi) is 3.40. The lowest BCUT2D eigenvalue weighted by Gasteiger charge is -2.11. The summed E-state index contributed by atoms with van der Waals surface area (Å²) in [6.45, 7) is 2.03. The molecule has 0 radical (unpaired) electrons. The maximum atomic E-state index is 11.7. The van der Waals surface area contributed by atoms with Crippen molar-refractivity contribution >= 4 is 16.9 Å². The molecule has 0 atom stereocenters. The number of aryl methyl sites for hydroxylation is 1. The number of methoxy groups -OCH3 is 1. The van der Waals surface area contributed by atoms with Crippen molar-refractivity contribution in [3.05, 3.63) is 65.9 Å². The number of fused-ring (bicyclic) bond motifs is 1. The van der Waals surface area contributed by atoms with E-state index in [-0.39, 0.29) is 5.97 Å².